The Kier molecular flexibility index (Phi) is 7.00. The number of Topliss-reactive ketones (excluding diaryl/α,β-unsaturated/α-hetero) is 1. The van der Waals surface area contributed by atoms with E-state index in [9.17, 15) is 4.79 Å². The van der Waals surface area contributed by atoms with E-state index in [0.29, 0.717) is 13.2 Å². The number of ether oxygens (including phenoxy) is 1. The van der Waals surface area contributed by atoms with Crippen molar-refractivity contribution in [3.05, 3.63) is 0 Å². The predicted molar refractivity (Wildman–Crippen MR) is 49.0 cm³/mol. The van der Waals surface area contributed by atoms with E-state index in [1.54, 1.807) is 0 Å². The summed E-state index contributed by atoms with van der Waals surface area (Å²) in [6, 6.07) is 0. The first kappa shape index (κ1) is 11.6. The van der Waals surface area contributed by atoms with E-state index in [4.69, 9.17) is 10.5 Å². The van der Waals surface area contributed by atoms with Gasteiger partial charge in [-0.05, 0) is 12.8 Å². The van der Waals surface area contributed by atoms with Crippen molar-refractivity contribution in [1.29, 1.82) is 0 Å². The van der Waals surface area contributed by atoms with Crippen molar-refractivity contribution in [3.63, 3.8) is 0 Å². The molecule has 0 aliphatic carbocycles. The fourth-order valence-corrected chi connectivity index (χ4v) is 1.12. The second-order valence-electron chi connectivity index (χ2n) is 2.82. The molecule has 0 aromatic rings. The Balaban J connectivity index is 3.54. The lowest BCUT2D eigenvalue weighted by Crippen LogP contribution is -2.20. The molecule has 0 amide bonds. The topological polar surface area (TPSA) is 52.3 Å². The van der Waals surface area contributed by atoms with Gasteiger partial charge >= 0.3 is 0 Å². The van der Waals surface area contributed by atoms with E-state index in [1.165, 1.54) is 0 Å². The van der Waals surface area contributed by atoms with Crippen molar-refractivity contribution in [1.82, 2.24) is 0 Å². The number of rotatable bonds is 7. The van der Waals surface area contributed by atoms with Gasteiger partial charge in [0.15, 0.2) is 5.78 Å². The average molecular weight is 173 g/mol. The van der Waals surface area contributed by atoms with Crippen molar-refractivity contribution in [2.45, 2.75) is 26.7 Å². The van der Waals surface area contributed by atoms with Crippen LogP contribution in [0.2, 0.25) is 0 Å². The largest absolute Gasteiger partial charge is 0.372 e. The highest BCUT2D eigenvalue weighted by Crippen LogP contribution is 2.08. The molecule has 0 fully saturated rings. The Labute approximate surface area is 74.3 Å². The Morgan fingerprint density at radius 1 is 1.42 bits per heavy atom. The number of ketones is 1. The van der Waals surface area contributed by atoms with E-state index in [1.807, 2.05) is 13.8 Å². The quantitative estimate of drug-likeness (QED) is 0.583. The molecule has 0 aliphatic heterocycles. The molecular weight excluding hydrogens is 154 g/mol. The van der Waals surface area contributed by atoms with E-state index >= 15 is 0 Å². The van der Waals surface area contributed by atoms with Crippen LogP contribution in [-0.2, 0) is 9.53 Å². The SMILES string of the molecule is CCC(CC)C(=O)COCCN. The van der Waals surface area contributed by atoms with Crippen LogP contribution in [0.1, 0.15) is 26.7 Å². The molecule has 3 heteroatoms. The van der Waals surface area contributed by atoms with Crippen LogP contribution >= 0.6 is 0 Å². The number of carbonyl (C=O) groups excluding carboxylic acids is 1. The lowest BCUT2D eigenvalue weighted by molar-refractivity contribution is -0.127. The maximum absolute atomic E-state index is 11.3. The molecule has 12 heavy (non-hydrogen) atoms. The van der Waals surface area contributed by atoms with Gasteiger partial charge in [-0.2, -0.15) is 0 Å². The molecule has 2 N–H and O–H groups in total. The first-order valence-electron chi connectivity index (χ1n) is 4.56. The number of carbonyl (C=O) groups is 1. The molecule has 0 saturated carbocycles. The molecule has 0 aromatic heterocycles. The number of hydrogen-bond acceptors (Lipinski definition) is 3. The van der Waals surface area contributed by atoms with Gasteiger partial charge in [-0.25, -0.2) is 0 Å². The van der Waals surface area contributed by atoms with Gasteiger partial charge in [0.1, 0.15) is 6.61 Å². The molecule has 0 unspecified atom stereocenters. The van der Waals surface area contributed by atoms with Gasteiger partial charge < -0.3 is 10.5 Å². The van der Waals surface area contributed by atoms with Crippen LogP contribution in [0.5, 0.6) is 0 Å². The van der Waals surface area contributed by atoms with Crippen molar-refractivity contribution in [3.8, 4) is 0 Å². The van der Waals surface area contributed by atoms with Gasteiger partial charge in [0.2, 0.25) is 0 Å². The Hall–Kier alpha value is -0.410. The molecule has 0 aromatic carbocycles. The first-order valence-corrected chi connectivity index (χ1v) is 4.56. The minimum atomic E-state index is 0.169. The summed E-state index contributed by atoms with van der Waals surface area (Å²) in [5.74, 6) is 0.372. The molecular formula is C9H19NO2. The van der Waals surface area contributed by atoms with Gasteiger partial charge in [0.05, 0.1) is 6.61 Å². The van der Waals surface area contributed by atoms with Gasteiger partial charge in [-0.15, -0.1) is 0 Å². The Morgan fingerprint density at radius 3 is 2.42 bits per heavy atom. The standard InChI is InChI=1S/C9H19NO2/c1-3-8(4-2)9(11)7-12-6-5-10/h8H,3-7,10H2,1-2H3. The third-order valence-electron chi connectivity index (χ3n) is 1.95. The maximum Gasteiger partial charge on any atom is 0.161 e. The Bertz CT molecular complexity index is 122. The maximum atomic E-state index is 11.3. The molecule has 0 atom stereocenters. The van der Waals surface area contributed by atoms with E-state index in [-0.39, 0.29) is 18.3 Å². The summed E-state index contributed by atoms with van der Waals surface area (Å²) in [7, 11) is 0. The van der Waals surface area contributed by atoms with Crippen LogP contribution in [-0.4, -0.2) is 25.5 Å². The van der Waals surface area contributed by atoms with Crippen molar-refractivity contribution < 1.29 is 9.53 Å². The van der Waals surface area contributed by atoms with E-state index < -0.39 is 0 Å². The zero-order chi connectivity index (χ0) is 9.40. The van der Waals surface area contributed by atoms with E-state index in [0.717, 1.165) is 12.8 Å². The summed E-state index contributed by atoms with van der Waals surface area (Å²) in [6.45, 7) is 5.23. The van der Waals surface area contributed by atoms with Gasteiger partial charge in [-0.1, -0.05) is 13.8 Å². The third-order valence-corrected chi connectivity index (χ3v) is 1.95. The smallest absolute Gasteiger partial charge is 0.161 e. The second kappa shape index (κ2) is 7.25. The zero-order valence-electron chi connectivity index (χ0n) is 8.01. The summed E-state index contributed by atoms with van der Waals surface area (Å²) in [5.41, 5.74) is 5.22. The third kappa shape index (κ3) is 4.46. The summed E-state index contributed by atoms with van der Waals surface area (Å²) in [4.78, 5) is 11.3. The minimum absolute atomic E-state index is 0.169. The van der Waals surface area contributed by atoms with E-state index in [2.05, 4.69) is 0 Å². The normalized spacial score (nSPS) is 10.7. The monoisotopic (exact) mass is 173 g/mol. The highest BCUT2D eigenvalue weighted by Gasteiger charge is 2.13. The first-order chi connectivity index (χ1) is 5.76. The van der Waals surface area contributed by atoms with Crippen LogP contribution in [0.3, 0.4) is 0 Å². The molecule has 0 heterocycles. The van der Waals surface area contributed by atoms with Gasteiger partial charge in [0, 0.05) is 12.5 Å². The summed E-state index contributed by atoms with van der Waals surface area (Å²) < 4.78 is 5.05. The molecule has 0 aliphatic rings. The number of hydrogen-bond donors (Lipinski definition) is 1. The molecule has 3 nitrogen and oxygen atoms in total. The van der Waals surface area contributed by atoms with Crippen LogP contribution in [0.15, 0.2) is 0 Å². The minimum Gasteiger partial charge on any atom is -0.372 e. The lowest BCUT2D eigenvalue weighted by atomic mass is 9.99. The van der Waals surface area contributed by atoms with Crippen molar-refractivity contribution in [2.75, 3.05) is 19.8 Å². The van der Waals surface area contributed by atoms with Crippen molar-refractivity contribution in [2.24, 2.45) is 11.7 Å². The molecule has 0 radical (unpaired) electrons. The van der Waals surface area contributed by atoms with Crippen LogP contribution in [0.4, 0.5) is 0 Å². The Morgan fingerprint density at radius 2 is 2.00 bits per heavy atom. The fraction of sp³-hybridized carbons (Fsp3) is 0.889. The average Bonchev–Trinajstić information content (AvgIpc) is 2.07. The van der Waals surface area contributed by atoms with Crippen LogP contribution < -0.4 is 5.73 Å². The summed E-state index contributed by atoms with van der Waals surface area (Å²) in [6.07, 6.45) is 1.81. The number of nitrogens with two attached hydrogens (primary N) is 1. The zero-order valence-corrected chi connectivity index (χ0v) is 8.01. The fourth-order valence-electron chi connectivity index (χ4n) is 1.12. The summed E-state index contributed by atoms with van der Waals surface area (Å²) in [5, 5.41) is 0. The summed E-state index contributed by atoms with van der Waals surface area (Å²) >= 11 is 0. The molecule has 0 bridgehead atoms. The highest BCUT2D eigenvalue weighted by molar-refractivity contribution is 5.82. The molecule has 0 rings (SSSR count). The second-order valence-corrected chi connectivity index (χ2v) is 2.82. The van der Waals surface area contributed by atoms with Crippen molar-refractivity contribution >= 4 is 5.78 Å². The molecule has 0 spiro atoms. The molecule has 0 saturated heterocycles. The van der Waals surface area contributed by atoms with Crippen LogP contribution in [0.25, 0.3) is 0 Å². The molecule has 72 valence electrons. The van der Waals surface area contributed by atoms with Crippen LogP contribution in [0, 0.1) is 5.92 Å². The lowest BCUT2D eigenvalue weighted by Gasteiger charge is -2.10. The predicted octanol–water partition coefficient (Wildman–Crippen LogP) is 0.967. The van der Waals surface area contributed by atoms with Gasteiger partial charge in [-0.3, -0.25) is 4.79 Å². The van der Waals surface area contributed by atoms with Gasteiger partial charge in [0.25, 0.3) is 0 Å². The highest BCUT2D eigenvalue weighted by atomic mass is 16.5.